The van der Waals surface area contributed by atoms with Gasteiger partial charge in [0.25, 0.3) is 0 Å². The van der Waals surface area contributed by atoms with Gasteiger partial charge >= 0.3 is 0 Å². The molecule has 2 fully saturated rings. The monoisotopic (exact) mass is 348 g/mol. The summed E-state index contributed by atoms with van der Waals surface area (Å²) in [6.45, 7) is 3.81. The van der Waals surface area contributed by atoms with Gasteiger partial charge in [-0.05, 0) is 30.4 Å². The lowest BCUT2D eigenvalue weighted by Crippen LogP contribution is -2.28. The van der Waals surface area contributed by atoms with Crippen LogP contribution in [0.4, 0.5) is 4.39 Å². The molecule has 0 N–H and O–H groups in total. The highest BCUT2D eigenvalue weighted by atomic mass is 19.1. The SMILES string of the molecule is CCCCC1CCC(CCC2COC(c3ccc(F)cc3)OC2)CC1. The predicted octanol–water partition coefficient (Wildman–Crippen LogP) is 6.26. The molecular weight excluding hydrogens is 315 g/mol. The molecular formula is C22H33FO2. The summed E-state index contributed by atoms with van der Waals surface area (Å²) in [4.78, 5) is 0. The Bertz CT molecular complexity index is 485. The van der Waals surface area contributed by atoms with Crippen LogP contribution in [0, 0.1) is 23.6 Å². The number of hydrogen-bond acceptors (Lipinski definition) is 2. The Kier molecular flexibility index (Phi) is 7.30. The fourth-order valence-electron chi connectivity index (χ4n) is 4.30. The van der Waals surface area contributed by atoms with Crippen LogP contribution in [0.3, 0.4) is 0 Å². The van der Waals surface area contributed by atoms with Crippen LogP contribution in [0.5, 0.6) is 0 Å². The fraction of sp³-hybridized carbons (Fsp3) is 0.727. The average molecular weight is 349 g/mol. The molecule has 0 atom stereocenters. The van der Waals surface area contributed by atoms with E-state index in [1.54, 1.807) is 12.1 Å². The van der Waals surface area contributed by atoms with E-state index in [-0.39, 0.29) is 12.1 Å². The third-order valence-electron chi connectivity index (χ3n) is 6.02. The van der Waals surface area contributed by atoms with Gasteiger partial charge in [0, 0.05) is 11.5 Å². The van der Waals surface area contributed by atoms with E-state index in [9.17, 15) is 4.39 Å². The minimum Gasteiger partial charge on any atom is -0.348 e. The lowest BCUT2D eigenvalue weighted by molar-refractivity contribution is -0.206. The molecule has 1 saturated heterocycles. The van der Waals surface area contributed by atoms with Gasteiger partial charge in [-0.2, -0.15) is 0 Å². The van der Waals surface area contributed by atoms with Crippen LogP contribution in [-0.4, -0.2) is 13.2 Å². The van der Waals surface area contributed by atoms with Crippen molar-refractivity contribution >= 4 is 0 Å². The molecule has 0 unspecified atom stereocenters. The molecule has 1 aliphatic heterocycles. The van der Waals surface area contributed by atoms with Crippen LogP contribution >= 0.6 is 0 Å². The van der Waals surface area contributed by atoms with E-state index in [1.807, 2.05) is 0 Å². The Morgan fingerprint density at radius 2 is 1.40 bits per heavy atom. The van der Waals surface area contributed by atoms with Gasteiger partial charge in [0.1, 0.15) is 5.82 Å². The molecule has 2 aliphatic rings. The number of halogens is 1. The molecule has 3 heteroatoms. The van der Waals surface area contributed by atoms with Crippen molar-refractivity contribution in [3.05, 3.63) is 35.6 Å². The first-order valence-corrected chi connectivity index (χ1v) is 10.2. The molecule has 0 bridgehead atoms. The van der Waals surface area contributed by atoms with Gasteiger partial charge in [-0.25, -0.2) is 4.39 Å². The minimum atomic E-state index is -0.328. The van der Waals surface area contributed by atoms with Crippen LogP contribution in [0.2, 0.25) is 0 Å². The highest BCUT2D eigenvalue weighted by Crippen LogP contribution is 2.35. The first-order chi connectivity index (χ1) is 12.2. The maximum absolute atomic E-state index is 13.0. The molecule has 0 radical (unpaired) electrons. The Morgan fingerprint density at radius 1 is 0.840 bits per heavy atom. The molecule has 2 nitrogen and oxygen atoms in total. The summed E-state index contributed by atoms with van der Waals surface area (Å²) in [5.74, 6) is 2.19. The molecule has 1 saturated carbocycles. The van der Waals surface area contributed by atoms with Crippen molar-refractivity contribution in [2.75, 3.05) is 13.2 Å². The van der Waals surface area contributed by atoms with Crippen molar-refractivity contribution in [1.82, 2.24) is 0 Å². The summed E-state index contributed by atoms with van der Waals surface area (Å²) in [7, 11) is 0. The van der Waals surface area contributed by atoms with E-state index in [0.29, 0.717) is 5.92 Å². The first-order valence-electron chi connectivity index (χ1n) is 10.2. The van der Waals surface area contributed by atoms with Crippen LogP contribution in [0.25, 0.3) is 0 Å². The standard InChI is InChI=1S/C22H33FO2/c1-2-3-4-17-5-7-18(8-6-17)9-10-19-15-24-22(25-16-19)20-11-13-21(23)14-12-20/h11-14,17-19,22H,2-10,15-16H2,1H3. The zero-order chi connectivity index (χ0) is 17.5. The van der Waals surface area contributed by atoms with E-state index in [4.69, 9.17) is 9.47 Å². The smallest absolute Gasteiger partial charge is 0.183 e. The van der Waals surface area contributed by atoms with Crippen LogP contribution < -0.4 is 0 Å². The van der Waals surface area contributed by atoms with Crippen molar-refractivity contribution in [3.8, 4) is 0 Å². The lowest BCUT2D eigenvalue weighted by atomic mass is 9.77. The first kappa shape index (κ1) is 18.8. The molecule has 0 aromatic heterocycles. The summed E-state index contributed by atoms with van der Waals surface area (Å²) in [6, 6.07) is 6.42. The molecule has 0 amide bonds. The second-order valence-electron chi connectivity index (χ2n) is 8.02. The van der Waals surface area contributed by atoms with E-state index in [1.165, 1.54) is 69.9 Å². The molecule has 0 spiro atoms. The van der Waals surface area contributed by atoms with Crippen molar-refractivity contribution in [2.24, 2.45) is 17.8 Å². The third-order valence-corrected chi connectivity index (χ3v) is 6.02. The highest BCUT2D eigenvalue weighted by Gasteiger charge is 2.26. The summed E-state index contributed by atoms with van der Waals surface area (Å²) in [5.41, 5.74) is 0.908. The largest absolute Gasteiger partial charge is 0.348 e. The molecule has 140 valence electrons. The van der Waals surface area contributed by atoms with Gasteiger partial charge in [0.2, 0.25) is 0 Å². The minimum absolute atomic E-state index is 0.221. The van der Waals surface area contributed by atoms with Crippen molar-refractivity contribution < 1.29 is 13.9 Å². The number of benzene rings is 1. The van der Waals surface area contributed by atoms with Crippen LogP contribution in [-0.2, 0) is 9.47 Å². The zero-order valence-corrected chi connectivity index (χ0v) is 15.6. The molecule has 25 heavy (non-hydrogen) atoms. The molecule has 1 aromatic rings. The van der Waals surface area contributed by atoms with E-state index in [2.05, 4.69) is 6.92 Å². The number of unbranched alkanes of at least 4 members (excludes halogenated alkanes) is 1. The second kappa shape index (κ2) is 9.68. The van der Waals surface area contributed by atoms with Crippen LogP contribution in [0.1, 0.15) is 76.6 Å². The Hall–Kier alpha value is -0.930. The highest BCUT2D eigenvalue weighted by molar-refractivity contribution is 5.17. The van der Waals surface area contributed by atoms with Gasteiger partial charge in [-0.3, -0.25) is 0 Å². The fourth-order valence-corrected chi connectivity index (χ4v) is 4.30. The third kappa shape index (κ3) is 5.79. The van der Waals surface area contributed by atoms with Gasteiger partial charge in [-0.15, -0.1) is 0 Å². The zero-order valence-electron chi connectivity index (χ0n) is 15.6. The maximum atomic E-state index is 13.0. The molecule has 3 rings (SSSR count). The van der Waals surface area contributed by atoms with Gasteiger partial charge < -0.3 is 9.47 Å². The van der Waals surface area contributed by atoms with E-state index < -0.39 is 0 Å². The summed E-state index contributed by atoms with van der Waals surface area (Å²) >= 11 is 0. The predicted molar refractivity (Wildman–Crippen MR) is 98.7 cm³/mol. The Balaban J connectivity index is 1.32. The van der Waals surface area contributed by atoms with Gasteiger partial charge in [-0.1, -0.05) is 70.4 Å². The molecule has 1 heterocycles. The van der Waals surface area contributed by atoms with Crippen molar-refractivity contribution in [2.45, 2.75) is 71.0 Å². The molecule has 1 aliphatic carbocycles. The number of rotatable bonds is 7. The van der Waals surface area contributed by atoms with Crippen LogP contribution in [0.15, 0.2) is 24.3 Å². The number of ether oxygens (including phenoxy) is 2. The lowest BCUT2D eigenvalue weighted by Gasteiger charge is -2.32. The normalized spacial score (nSPS) is 30.3. The summed E-state index contributed by atoms with van der Waals surface area (Å²) in [6.07, 6.45) is 12.1. The average Bonchev–Trinajstić information content (AvgIpc) is 2.67. The van der Waals surface area contributed by atoms with E-state index in [0.717, 1.165) is 30.6 Å². The number of hydrogen-bond donors (Lipinski definition) is 0. The quantitative estimate of drug-likeness (QED) is 0.578. The topological polar surface area (TPSA) is 18.5 Å². The van der Waals surface area contributed by atoms with E-state index >= 15 is 0 Å². The van der Waals surface area contributed by atoms with Gasteiger partial charge in [0.15, 0.2) is 6.29 Å². The van der Waals surface area contributed by atoms with Gasteiger partial charge in [0.05, 0.1) is 13.2 Å². The Labute approximate surface area is 152 Å². The Morgan fingerprint density at radius 3 is 2.00 bits per heavy atom. The maximum Gasteiger partial charge on any atom is 0.183 e. The molecule has 1 aromatic carbocycles. The van der Waals surface area contributed by atoms with Crippen molar-refractivity contribution in [3.63, 3.8) is 0 Å². The summed E-state index contributed by atoms with van der Waals surface area (Å²) < 4.78 is 24.7. The second-order valence-corrected chi connectivity index (χ2v) is 8.02. The van der Waals surface area contributed by atoms with Crippen molar-refractivity contribution in [1.29, 1.82) is 0 Å². The summed E-state index contributed by atoms with van der Waals surface area (Å²) in [5, 5.41) is 0.